The topological polar surface area (TPSA) is 62.2 Å². The van der Waals surface area contributed by atoms with Gasteiger partial charge in [0.15, 0.2) is 0 Å². The van der Waals surface area contributed by atoms with Gasteiger partial charge in [-0.15, -0.1) is 0 Å². The van der Waals surface area contributed by atoms with Crippen molar-refractivity contribution in [3.63, 3.8) is 0 Å². The predicted molar refractivity (Wildman–Crippen MR) is 133 cm³/mol. The van der Waals surface area contributed by atoms with E-state index < -0.39 is 6.43 Å². The highest BCUT2D eigenvalue weighted by atomic mass is 19.3. The number of aryl methyl sites for hydroxylation is 2. The van der Waals surface area contributed by atoms with E-state index >= 15 is 0 Å². The number of nitrogens with zero attached hydrogens (tertiary/aromatic N) is 1. The molecule has 3 N–H and O–H groups in total. The van der Waals surface area contributed by atoms with E-state index in [1.54, 1.807) is 12.4 Å². The van der Waals surface area contributed by atoms with E-state index in [9.17, 15) is 8.78 Å². The minimum absolute atomic E-state index is 0.133. The van der Waals surface area contributed by atoms with E-state index in [1.807, 2.05) is 0 Å². The Kier molecular flexibility index (Phi) is 10.5. The fraction of sp³-hybridized carbons (Fsp3) is 0.481. The zero-order chi connectivity index (χ0) is 23.5. The van der Waals surface area contributed by atoms with Crippen molar-refractivity contribution < 1.29 is 8.78 Å². The lowest BCUT2D eigenvalue weighted by molar-refractivity contribution is 0.136. The van der Waals surface area contributed by atoms with Crippen LogP contribution in [0.15, 0.2) is 46.1 Å². The van der Waals surface area contributed by atoms with Crippen LogP contribution >= 0.6 is 0 Å². The molecule has 0 fully saturated rings. The molecule has 0 bridgehead atoms. The third-order valence-corrected chi connectivity index (χ3v) is 5.98. The number of nitrogens with two attached hydrogens (primary N) is 1. The molecule has 1 aliphatic rings. The highest BCUT2D eigenvalue weighted by Gasteiger charge is 2.22. The number of nitrogens with one attached hydrogen (secondary N) is 1. The molecule has 5 heteroatoms. The largest absolute Gasteiger partial charge is 0.404 e. The van der Waals surface area contributed by atoms with Crippen LogP contribution in [0.2, 0.25) is 0 Å². The lowest BCUT2D eigenvalue weighted by atomic mass is 9.78. The molecule has 3 nitrogen and oxygen atoms in total. The second-order valence-electron chi connectivity index (χ2n) is 8.39. The van der Waals surface area contributed by atoms with Gasteiger partial charge < -0.3 is 11.1 Å². The van der Waals surface area contributed by atoms with Crippen LogP contribution in [0.5, 0.6) is 0 Å². The van der Waals surface area contributed by atoms with Crippen molar-refractivity contribution in [2.24, 2.45) is 10.7 Å². The second-order valence-corrected chi connectivity index (χ2v) is 8.39. The van der Waals surface area contributed by atoms with E-state index in [0.29, 0.717) is 13.0 Å². The number of rotatable bonds is 11. The molecule has 0 amide bonds. The van der Waals surface area contributed by atoms with Crippen molar-refractivity contribution in [1.29, 1.82) is 5.41 Å². The fourth-order valence-corrected chi connectivity index (χ4v) is 4.30. The van der Waals surface area contributed by atoms with Crippen LogP contribution in [-0.2, 0) is 0 Å². The number of allylic oxidation sites excluding steroid dienone is 5. The minimum atomic E-state index is -2.29. The zero-order valence-electron chi connectivity index (χ0n) is 19.7. The minimum Gasteiger partial charge on any atom is -0.404 e. The molecule has 2 rings (SSSR count). The summed E-state index contributed by atoms with van der Waals surface area (Å²) in [5, 5.41) is 8.04. The first-order chi connectivity index (χ1) is 15.4. The third-order valence-electron chi connectivity index (χ3n) is 5.98. The van der Waals surface area contributed by atoms with Crippen molar-refractivity contribution in [2.75, 3.05) is 6.54 Å². The Morgan fingerprint density at radius 2 is 1.91 bits per heavy atom. The predicted octanol–water partition coefficient (Wildman–Crippen LogP) is 7.31. The fourth-order valence-electron chi connectivity index (χ4n) is 4.30. The Balaban J connectivity index is 2.55. The summed E-state index contributed by atoms with van der Waals surface area (Å²) >= 11 is 0. The standard InChI is InChI=1S/C27H37F2N3/c1-4-5-9-22(21(16-30)18-32-15-8-12-26(28)29)23-10-6-7-11-24(23)27-20(3)14-13-19(2)25(27)17-31/h9,13-14,16-18,26,31H,4-8,10-12,15,30H2,1-3H3/b21-16+,22-9+,31-17?,32-18?. The third kappa shape index (κ3) is 6.72. The van der Waals surface area contributed by atoms with Gasteiger partial charge in [-0.05, 0) is 85.8 Å². The summed E-state index contributed by atoms with van der Waals surface area (Å²) in [7, 11) is 0. The molecular formula is C27H37F2N3. The average Bonchev–Trinajstić information content (AvgIpc) is 2.79. The average molecular weight is 442 g/mol. The molecular weight excluding hydrogens is 404 g/mol. The monoisotopic (exact) mass is 441 g/mol. The van der Waals surface area contributed by atoms with E-state index in [-0.39, 0.29) is 6.42 Å². The van der Waals surface area contributed by atoms with Crippen molar-refractivity contribution in [3.05, 3.63) is 63.4 Å². The van der Waals surface area contributed by atoms with Crippen molar-refractivity contribution in [2.45, 2.75) is 78.6 Å². The highest BCUT2D eigenvalue weighted by molar-refractivity contribution is 5.94. The summed E-state index contributed by atoms with van der Waals surface area (Å²) in [6.07, 6.45) is 11.1. The van der Waals surface area contributed by atoms with Crippen molar-refractivity contribution in [3.8, 4) is 0 Å². The van der Waals surface area contributed by atoms with E-state index in [0.717, 1.165) is 60.8 Å². The molecule has 0 heterocycles. The van der Waals surface area contributed by atoms with Crippen molar-refractivity contribution >= 4 is 18.0 Å². The number of unbranched alkanes of at least 4 members (excludes halogenated alkanes) is 1. The Labute approximate surface area is 191 Å². The lowest BCUT2D eigenvalue weighted by Crippen LogP contribution is -2.09. The SMILES string of the molecule is CCC/C=C(C1=C(c2c(C)ccc(C)c2C=N)CCCC1)\C(C=NCCCC(F)F)=C\N. The molecule has 0 radical (unpaired) electrons. The van der Waals surface area contributed by atoms with Gasteiger partial charge in [0.2, 0.25) is 6.43 Å². The molecule has 0 saturated carbocycles. The van der Waals surface area contributed by atoms with E-state index in [1.165, 1.54) is 28.5 Å². The summed E-state index contributed by atoms with van der Waals surface area (Å²) in [6.45, 7) is 6.67. The summed E-state index contributed by atoms with van der Waals surface area (Å²) in [4.78, 5) is 4.40. The summed E-state index contributed by atoms with van der Waals surface area (Å²) < 4.78 is 24.8. The normalized spacial score (nSPS) is 15.8. The Morgan fingerprint density at radius 3 is 2.56 bits per heavy atom. The van der Waals surface area contributed by atoms with Crippen molar-refractivity contribution in [1.82, 2.24) is 0 Å². The molecule has 0 spiro atoms. The maximum atomic E-state index is 12.4. The molecule has 0 saturated heterocycles. The number of alkyl halides is 2. The Bertz CT molecular complexity index is 908. The van der Waals surface area contributed by atoms with Gasteiger partial charge in [0.05, 0.1) is 0 Å². The lowest BCUT2D eigenvalue weighted by Gasteiger charge is -2.26. The number of halogens is 2. The van der Waals surface area contributed by atoms with Crippen LogP contribution in [0.4, 0.5) is 8.78 Å². The molecule has 0 aliphatic heterocycles. The molecule has 32 heavy (non-hydrogen) atoms. The molecule has 0 unspecified atom stereocenters. The van der Waals surface area contributed by atoms with E-state index in [2.05, 4.69) is 44.0 Å². The van der Waals surface area contributed by atoms with Gasteiger partial charge in [0.1, 0.15) is 0 Å². The summed E-state index contributed by atoms with van der Waals surface area (Å²) in [5.74, 6) is 0. The number of benzene rings is 1. The smallest absolute Gasteiger partial charge is 0.238 e. The van der Waals surface area contributed by atoms with Gasteiger partial charge in [-0.2, -0.15) is 0 Å². The summed E-state index contributed by atoms with van der Waals surface area (Å²) in [5.41, 5.74) is 15.0. The van der Waals surface area contributed by atoms with Crippen LogP contribution in [0.1, 0.15) is 80.5 Å². The van der Waals surface area contributed by atoms with Crippen LogP contribution in [0, 0.1) is 19.3 Å². The Morgan fingerprint density at radius 1 is 1.19 bits per heavy atom. The summed E-state index contributed by atoms with van der Waals surface area (Å²) in [6, 6.07) is 4.21. The van der Waals surface area contributed by atoms with E-state index in [4.69, 9.17) is 11.1 Å². The molecule has 1 aromatic rings. The number of aliphatic imine (C=N–C) groups is 1. The molecule has 0 aromatic heterocycles. The van der Waals surface area contributed by atoms with Gasteiger partial charge in [0.25, 0.3) is 0 Å². The van der Waals surface area contributed by atoms with Crippen LogP contribution in [0.3, 0.4) is 0 Å². The first-order valence-electron chi connectivity index (χ1n) is 11.7. The van der Waals surface area contributed by atoms with Gasteiger partial charge in [0, 0.05) is 42.7 Å². The van der Waals surface area contributed by atoms with Crippen LogP contribution in [0.25, 0.3) is 5.57 Å². The quantitative estimate of drug-likeness (QED) is 0.211. The van der Waals surface area contributed by atoms with Gasteiger partial charge in [-0.25, -0.2) is 8.78 Å². The first-order valence-corrected chi connectivity index (χ1v) is 11.7. The maximum Gasteiger partial charge on any atom is 0.238 e. The van der Waals surface area contributed by atoms with Gasteiger partial charge in [-0.3, -0.25) is 4.99 Å². The molecule has 1 aromatic carbocycles. The zero-order valence-corrected chi connectivity index (χ0v) is 19.7. The number of hydrogen-bond acceptors (Lipinski definition) is 3. The Hall–Kier alpha value is -2.56. The number of hydrogen-bond donors (Lipinski definition) is 2. The van der Waals surface area contributed by atoms with Crippen LogP contribution in [-0.4, -0.2) is 25.4 Å². The van der Waals surface area contributed by atoms with Gasteiger partial charge >= 0.3 is 0 Å². The van der Waals surface area contributed by atoms with Gasteiger partial charge in [-0.1, -0.05) is 31.6 Å². The molecule has 174 valence electrons. The molecule has 0 atom stereocenters. The highest BCUT2D eigenvalue weighted by Crippen LogP contribution is 2.41. The first kappa shape index (κ1) is 25.7. The second kappa shape index (κ2) is 13.1. The molecule has 1 aliphatic carbocycles. The van der Waals surface area contributed by atoms with Crippen LogP contribution < -0.4 is 5.73 Å². The maximum absolute atomic E-state index is 12.4.